The third-order valence-corrected chi connectivity index (χ3v) is 9.80. The van der Waals surface area contributed by atoms with Crippen LogP contribution in [0.2, 0.25) is 0 Å². The van der Waals surface area contributed by atoms with Crippen LogP contribution < -0.4 is 4.90 Å². The van der Waals surface area contributed by atoms with Crippen LogP contribution in [0.15, 0.2) is 176 Å². The second-order valence-corrected chi connectivity index (χ2v) is 12.3. The molecule has 7 aromatic carbocycles. The Balaban J connectivity index is 1.18. The normalized spacial score (nSPS) is 13.1. The Morgan fingerprint density at radius 1 is 0.435 bits per heavy atom. The van der Waals surface area contributed by atoms with Crippen LogP contribution in [-0.2, 0) is 5.54 Å². The zero-order chi connectivity index (χ0) is 30.7. The highest BCUT2D eigenvalue weighted by Crippen LogP contribution is 2.54. The number of hydrogen-bond donors (Lipinski definition) is 0. The molecule has 0 atom stereocenters. The lowest BCUT2D eigenvalue weighted by atomic mass is 9.86. The SMILES string of the molecule is CC1(N(c2ccccc2)c2ccc(-c3ccc4c(c3)c3ccccc3n4-c3ccccc3)cc2)c2ccccc2-c2ccccc21. The highest BCUT2D eigenvalue weighted by molar-refractivity contribution is 6.10. The van der Waals surface area contributed by atoms with Crippen molar-refractivity contribution in [3.05, 3.63) is 187 Å². The highest BCUT2D eigenvalue weighted by atomic mass is 15.2. The van der Waals surface area contributed by atoms with Gasteiger partial charge in [0.15, 0.2) is 0 Å². The number of benzene rings is 7. The molecule has 2 heteroatoms. The summed E-state index contributed by atoms with van der Waals surface area (Å²) in [5.41, 5.74) is 13.2. The van der Waals surface area contributed by atoms with Crippen molar-refractivity contribution in [2.75, 3.05) is 4.90 Å². The molecule has 1 aliphatic rings. The largest absolute Gasteiger partial charge is 0.327 e. The number of anilines is 2. The summed E-state index contributed by atoms with van der Waals surface area (Å²) >= 11 is 0. The summed E-state index contributed by atoms with van der Waals surface area (Å²) < 4.78 is 2.37. The van der Waals surface area contributed by atoms with E-state index in [1.54, 1.807) is 0 Å². The molecule has 1 aliphatic carbocycles. The summed E-state index contributed by atoms with van der Waals surface area (Å²) in [6.07, 6.45) is 0. The summed E-state index contributed by atoms with van der Waals surface area (Å²) in [4.78, 5) is 2.51. The molecule has 0 spiro atoms. The van der Waals surface area contributed by atoms with Gasteiger partial charge in [-0.3, -0.25) is 0 Å². The van der Waals surface area contributed by atoms with Gasteiger partial charge in [-0.25, -0.2) is 0 Å². The predicted molar refractivity (Wildman–Crippen MR) is 193 cm³/mol. The Bertz CT molecular complexity index is 2320. The first-order chi connectivity index (χ1) is 22.7. The first-order valence-electron chi connectivity index (χ1n) is 16.0. The average molecular weight is 589 g/mol. The Morgan fingerprint density at radius 3 is 1.65 bits per heavy atom. The summed E-state index contributed by atoms with van der Waals surface area (Å²) in [5.74, 6) is 0. The Morgan fingerprint density at radius 2 is 0.957 bits per heavy atom. The zero-order valence-electron chi connectivity index (χ0n) is 25.6. The van der Waals surface area contributed by atoms with E-state index in [0.717, 1.165) is 5.69 Å². The summed E-state index contributed by atoms with van der Waals surface area (Å²) in [5, 5.41) is 2.53. The van der Waals surface area contributed by atoms with Gasteiger partial charge in [0.25, 0.3) is 0 Å². The van der Waals surface area contributed by atoms with Crippen molar-refractivity contribution >= 4 is 33.2 Å². The van der Waals surface area contributed by atoms with E-state index in [1.165, 1.54) is 66.6 Å². The molecule has 8 aromatic rings. The van der Waals surface area contributed by atoms with Crippen molar-refractivity contribution in [3.8, 4) is 27.9 Å². The fourth-order valence-corrected chi connectivity index (χ4v) is 7.72. The molecular formula is C44H32N2. The van der Waals surface area contributed by atoms with E-state index in [9.17, 15) is 0 Å². The van der Waals surface area contributed by atoms with Gasteiger partial charge in [-0.1, -0.05) is 121 Å². The molecule has 2 nitrogen and oxygen atoms in total. The van der Waals surface area contributed by atoms with Gasteiger partial charge in [0.2, 0.25) is 0 Å². The van der Waals surface area contributed by atoms with Gasteiger partial charge in [0.05, 0.1) is 16.6 Å². The Hall–Kier alpha value is -5.86. The smallest absolute Gasteiger partial charge is 0.0938 e. The van der Waals surface area contributed by atoms with Gasteiger partial charge in [-0.2, -0.15) is 0 Å². The van der Waals surface area contributed by atoms with Gasteiger partial charge in [-0.05, 0) is 94.9 Å². The quantitative estimate of drug-likeness (QED) is 0.194. The van der Waals surface area contributed by atoms with Crippen LogP contribution in [0, 0.1) is 0 Å². The minimum absolute atomic E-state index is 0.381. The molecule has 0 bridgehead atoms. The molecule has 218 valence electrons. The fourth-order valence-electron chi connectivity index (χ4n) is 7.72. The molecule has 0 N–H and O–H groups in total. The molecule has 1 heterocycles. The molecule has 0 fully saturated rings. The number of nitrogens with zero attached hydrogens (tertiary/aromatic N) is 2. The topological polar surface area (TPSA) is 8.17 Å². The number of para-hydroxylation sites is 3. The molecular weight excluding hydrogens is 556 g/mol. The molecule has 46 heavy (non-hydrogen) atoms. The monoisotopic (exact) mass is 588 g/mol. The number of hydrogen-bond acceptors (Lipinski definition) is 1. The molecule has 0 aliphatic heterocycles. The summed E-state index contributed by atoms with van der Waals surface area (Å²) in [6.45, 7) is 2.37. The van der Waals surface area contributed by atoms with Crippen LogP contribution in [-0.4, -0.2) is 4.57 Å². The molecule has 0 amide bonds. The van der Waals surface area contributed by atoms with Crippen molar-refractivity contribution in [2.24, 2.45) is 0 Å². The lowest BCUT2D eigenvalue weighted by molar-refractivity contribution is 0.597. The van der Waals surface area contributed by atoms with E-state index in [4.69, 9.17) is 0 Å². The maximum Gasteiger partial charge on any atom is 0.0938 e. The second-order valence-electron chi connectivity index (χ2n) is 12.3. The molecule has 0 saturated carbocycles. The first-order valence-corrected chi connectivity index (χ1v) is 16.0. The van der Waals surface area contributed by atoms with Crippen molar-refractivity contribution in [3.63, 3.8) is 0 Å². The maximum absolute atomic E-state index is 2.51. The lowest BCUT2D eigenvalue weighted by Gasteiger charge is -2.42. The van der Waals surface area contributed by atoms with Gasteiger partial charge >= 0.3 is 0 Å². The van der Waals surface area contributed by atoms with E-state index in [-0.39, 0.29) is 5.54 Å². The van der Waals surface area contributed by atoms with Gasteiger partial charge < -0.3 is 9.47 Å². The summed E-state index contributed by atoms with van der Waals surface area (Å²) in [6, 6.07) is 63.9. The van der Waals surface area contributed by atoms with Crippen LogP contribution in [0.3, 0.4) is 0 Å². The maximum atomic E-state index is 2.51. The van der Waals surface area contributed by atoms with E-state index in [1.807, 2.05) is 0 Å². The summed E-state index contributed by atoms with van der Waals surface area (Å²) in [7, 11) is 0. The van der Waals surface area contributed by atoms with E-state index in [0.29, 0.717) is 0 Å². The zero-order valence-corrected chi connectivity index (χ0v) is 25.6. The number of rotatable bonds is 5. The van der Waals surface area contributed by atoms with Crippen LogP contribution >= 0.6 is 0 Å². The minimum Gasteiger partial charge on any atom is -0.327 e. The van der Waals surface area contributed by atoms with Crippen LogP contribution in [0.1, 0.15) is 18.1 Å². The number of aromatic nitrogens is 1. The highest BCUT2D eigenvalue weighted by Gasteiger charge is 2.44. The molecule has 9 rings (SSSR count). The van der Waals surface area contributed by atoms with Crippen LogP contribution in [0.4, 0.5) is 11.4 Å². The van der Waals surface area contributed by atoms with Crippen molar-refractivity contribution < 1.29 is 0 Å². The van der Waals surface area contributed by atoms with Crippen molar-refractivity contribution in [2.45, 2.75) is 12.5 Å². The lowest BCUT2D eigenvalue weighted by Crippen LogP contribution is -2.40. The van der Waals surface area contributed by atoms with Crippen LogP contribution in [0.5, 0.6) is 0 Å². The molecule has 0 radical (unpaired) electrons. The van der Waals surface area contributed by atoms with E-state index < -0.39 is 0 Å². The second kappa shape index (κ2) is 10.4. The molecule has 0 saturated heterocycles. The average Bonchev–Trinajstić information content (AvgIpc) is 3.59. The van der Waals surface area contributed by atoms with Crippen molar-refractivity contribution in [1.29, 1.82) is 0 Å². The first kappa shape index (κ1) is 26.5. The third kappa shape index (κ3) is 3.90. The van der Waals surface area contributed by atoms with Gasteiger partial charge in [0.1, 0.15) is 0 Å². The molecule has 1 aromatic heterocycles. The Kier molecular flexibility index (Phi) is 5.97. The van der Waals surface area contributed by atoms with Crippen molar-refractivity contribution in [1.82, 2.24) is 4.57 Å². The number of fused-ring (bicyclic) bond motifs is 6. The Labute approximate surface area is 269 Å². The van der Waals surface area contributed by atoms with Gasteiger partial charge in [-0.15, -0.1) is 0 Å². The van der Waals surface area contributed by atoms with Crippen LogP contribution in [0.25, 0.3) is 49.7 Å². The van der Waals surface area contributed by atoms with E-state index in [2.05, 4.69) is 192 Å². The minimum atomic E-state index is -0.381. The van der Waals surface area contributed by atoms with E-state index >= 15 is 0 Å². The standard InChI is InChI=1S/C44H32N2/c1-44(40-21-11-8-18-36(40)37-19-9-12-22-41(37)44)46(34-16-6-3-7-17-34)35-27-24-31(25-28-35)32-26-29-43-39(30-32)38-20-10-13-23-42(38)45(43)33-14-4-2-5-15-33/h2-30H,1H3. The molecule has 0 unspecified atom stereocenters. The third-order valence-electron chi connectivity index (χ3n) is 9.80. The predicted octanol–water partition coefficient (Wildman–Crippen LogP) is 11.5. The fraction of sp³-hybridized carbons (Fsp3) is 0.0455. The van der Waals surface area contributed by atoms with Gasteiger partial charge in [0, 0.05) is 27.8 Å².